The molecule has 0 heterocycles. The van der Waals surface area contributed by atoms with E-state index in [0.29, 0.717) is 5.56 Å². The molecule has 0 unspecified atom stereocenters. The van der Waals surface area contributed by atoms with Crippen molar-refractivity contribution in [3.05, 3.63) is 35.4 Å². The van der Waals surface area contributed by atoms with Crippen LogP contribution in [0.25, 0.3) is 0 Å². The number of alkyl halides is 2. The maximum Gasteiger partial charge on any atom is 0.264 e. The first kappa shape index (κ1) is 9.55. The second-order valence-electron chi connectivity index (χ2n) is 2.41. The minimum Gasteiger partial charge on any atom is -0.211 e. The molecule has 0 aromatic heterocycles. The van der Waals surface area contributed by atoms with Gasteiger partial charge in [-0.15, -0.1) is 0 Å². The molecular weight excluding hydrogens is 176 g/mol. The van der Waals surface area contributed by atoms with Crippen LogP contribution in [-0.2, 0) is 11.3 Å². The first-order valence-corrected chi connectivity index (χ1v) is 3.65. The fraction of sp³-hybridized carbons (Fsp3) is 0.222. The summed E-state index contributed by atoms with van der Waals surface area (Å²) in [6.45, 7) is -0.0377. The van der Waals surface area contributed by atoms with Gasteiger partial charge in [0.25, 0.3) is 6.43 Å². The van der Waals surface area contributed by atoms with Gasteiger partial charge in [-0.05, 0) is 5.56 Å². The van der Waals surface area contributed by atoms with Gasteiger partial charge in [0.1, 0.15) is 0 Å². The van der Waals surface area contributed by atoms with Gasteiger partial charge in [0.15, 0.2) is 0 Å². The van der Waals surface area contributed by atoms with Crippen molar-refractivity contribution < 1.29 is 13.6 Å². The average Bonchev–Trinajstić information content (AvgIpc) is 2.15. The summed E-state index contributed by atoms with van der Waals surface area (Å²) in [5, 5.41) is 0. The molecule has 0 amide bonds. The highest BCUT2D eigenvalue weighted by molar-refractivity contribution is 5.35. The van der Waals surface area contributed by atoms with Crippen molar-refractivity contribution in [1.82, 2.24) is 0 Å². The molecule has 0 spiro atoms. The zero-order chi connectivity index (χ0) is 9.68. The van der Waals surface area contributed by atoms with Gasteiger partial charge in [-0.1, -0.05) is 24.3 Å². The third kappa shape index (κ3) is 2.46. The molecule has 0 aliphatic rings. The summed E-state index contributed by atoms with van der Waals surface area (Å²) in [6, 6.07) is 5.99. The van der Waals surface area contributed by atoms with Crippen LogP contribution >= 0.6 is 0 Å². The predicted molar refractivity (Wildman–Crippen MR) is 43.2 cm³/mol. The molecule has 68 valence electrons. The minimum atomic E-state index is -2.53. The van der Waals surface area contributed by atoms with E-state index in [4.69, 9.17) is 0 Å². The first-order chi connectivity index (χ1) is 6.25. The van der Waals surface area contributed by atoms with Gasteiger partial charge >= 0.3 is 0 Å². The van der Waals surface area contributed by atoms with Gasteiger partial charge in [-0.3, -0.25) is 0 Å². The van der Waals surface area contributed by atoms with Gasteiger partial charge in [0.05, 0.1) is 6.54 Å². The number of halogens is 2. The van der Waals surface area contributed by atoms with Crippen molar-refractivity contribution in [3.8, 4) is 0 Å². The van der Waals surface area contributed by atoms with E-state index in [2.05, 4.69) is 4.99 Å². The Hall–Kier alpha value is -1.54. The summed E-state index contributed by atoms with van der Waals surface area (Å²) in [5.74, 6) is 0. The Morgan fingerprint density at radius 1 is 1.38 bits per heavy atom. The second-order valence-corrected chi connectivity index (χ2v) is 2.41. The van der Waals surface area contributed by atoms with Crippen LogP contribution in [-0.4, -0.2) is 6.08 Å². The summed E-state index contributed by atoms with van der Waals surface area (Å²) in [6.07, 6.45) is -1.22. The number of hydrogen-bond donors (Lipinski definition) is 0. The summed E-state index contributed by atoms with van der Waals surface area (Å²) >= 11 is 0. The van der Waals surface area contributed by atoms with E-state index in [9.17, 15) is 13.6 Å². The van der Waals surface area contributed by atoms with Crippen molar-refractivity contribution in [2.75, 3.05) is 0 Å². The molecule has 0 atom stereocenters. The monoisotopic (exact) mass is 183 g/mol. The maximum absolute atomic E-state index is 12.3. The van der Waals surface area contributed by atoms with Crippen LogP contribution in [0.3, 0.4) is 0 Å². The van der Waals surface area contributed by atoms with E-state index in [0.717, 1.165) is 0 Å². The number of carbonyl (C=O) groups excluding carboxylic acids is 1. The van der Waals surface area contributed by atoms with Crippen molar-refractivity contribution in [3.63, 3.8) is 0 Å². The Morgan fingerprint density at radius 2 is 2.08 bits per heavy atom. The predicted octanol–water partition coefficient (Wildman–Crippen LogP) is 2.46. The van der Waals surface area contributed by atoms with E-state index in [1.807, 2.05) is 0 Å². The van der Waals surface area contributed by atoms with Crippen molar-refractivity contribution in [2.45, 2.75) is 13.0 Å². The van der Waals surface area contributed by atoms with E-state index in [1.54, 1.807) is 6.07 Å². The molecule has 0 saturated heterocycles. The molecule has 13 heavy (non-hydrogen) atoms. The molecule has 0 saturated carbocycles. The summed E-state index contributed by atoms with van der Waals surface area (Å²) in [7, 11) is 0. The lowest BCUT2D eigenvalue weighted by Gasteiger charge is -2.04. The van der Waals surface area contributed by atoms with Crippen molar-refractivity contribution in [2.24, 2.45) is 4.99 Å². The van der Waals surface area contributed by atoms with E-state index >= 15 is 0 Å². The molecule has 0 fully saturated rings. The summed E-state index contributed by atoms with van der Waals surface area (Å²) in [5.41, 5.74) is 0.280. The number of rotatable bonds is 3. The molecule has 1 rings (SSSR count). The van der Waals surface area contributed by atoms with Gasteiger partial charge in [-0.2, -0.15) is 0 Å². The highest BCUT2D eigenvalue weighted by Crippen LogP contribution is 2.22. The molecule has 0 N–H and O–H groups in total. The number of nitrogens with zero attached hydrogens (tertiary/aromatic N) is 1. The van der Waals surface area contributed by atoms with E-state index in [1.165, 1.54) is 24.3 Å². The normalized spacial score (nSPS) is 9.77. The molecule has 0 radical (unpaired) electrons. The van der Waals surface area contributed by atoms with E-state index < -0.39 is 6.43 Å². The van der Waals surface area contributed by atoms with Crippen LogP contribution < -0.4 is 0 Å². The SMILES string of the molecule is O=C=NCc1ccccc1C(F)F. The van der Waals surface area contributed by atoms with Gasteiger partial charge in [0.2, 0.25) is 6.08 Å². The van der Waals surface area contributed by atoms with E-state index in [-0.39, 0.29) is 12.1 Å². The minimum absolute atomic E-state index is 0.0377. The van der Waals surface area contributed by atoms with Crippen molar-refractivity contribution >= 4 is 6.08 Å². The molecule has 1 aromatic rings. The zero-order valence-electron chi connectivity index (χ0n) is 6.71. The van der Waals surface area contributed by atoms with Gasteiger partial charge in [-0.25, -0.2) is 18.6 Å². The Balaban J connectivity index is 2.97. The Kier molecular flexibility index (Phi) is 3.29. The lowest BCUT2D eigenvalue weighted by molar-refractivity contribution is 0.150. The lowest BCUT2D eigenvalue weighted by Crippen LogP contribution is -1.92. The summed E-state index contributed by atoms with van der Waals surface area (Å²) in [4.78, 5) is 13.0. The number of benzene rings is 1. The Morgan fingerprint density at radius 3 is 2.69 bits per heavy atom. The highest BCUT2D eigenvalue weighted by atomic mass is 19.3. The van der Waals surface area contributed by atoms with Crippen LogP contribution in [0.2, 0.25) is 0 Å². The largest absolute Gasteiger partial charge is 0.264 e. The maximum atomic E-state index is 12.3. The number of hydrogen-bond acceptors (Lipinski definition) is 2. The fourth-order valence-electron chi connectivity index (χ4n) is 1.01. The van der Waals surface area contributed by atoms with Crippen LogP contribution in [0.4, 0.5) is 8.78 Å². The van der Waals surface area contributed by atoms with Crippen LogP contribution in [0.1, 0.15) is 17.6 Å². The van der Waals surface area contributed by atoms with Crippen LogP contribution in [0, 0.1) is 0 Å². The smallest absolute Gasteiger partial charge is 0.211 e. The summed E-state index contributed by atoms with van der Waals surface area (Å²) < 4.78 is 24.6. The lowest BCUT2D eigenvalue weighted by atomic mass is 10.1. The zero-order valence-corrected chi connectivity index (χ0v) is 6.71. The molecule has 0 aliphatic carbocycles. The standard InChI is InChI=1S/C9H7F2NO/c10-9(11)8-4-2-1-3-7(8)5-12-6-13/h1-4,9H,5H2. The average molecular weight is 183 g/mol. The quantitative estimate of drug-likeness (QED) is 0.522. The molecule has 2 nitrogen and oxygen atoms in total. The molecule has 0 aliphatic heterocycles. The Bertz CT molecular complexity index is 332. The molecule has 1 aromatic carbocycles. The highest BCUT2D eigenvalue weighted by Gasteiger charge is 2.10. The number of aliphatic imine (C=N–C) groups is 1. The van der Waals surface area contributed by atoms with Gasteiger partial charge in [0, 0.05) is 5.56 Å². The first-order valence-electron chi connectivity index (χ1n) is 3.65. The molecular formula is C9H7F2NO. The molecule has 0 bridgehead atoms. The fourth-order valence-corrected chi connectivity index (χ4v) is 1.01. The third-order valence-corrected chi connectivity index (χ3v) is 1.60. The topological polar surface area (TPSA) is 29.4 Å². The third-order valence-electron chi connectivity index (χ3n) is 1.60. The second kappa shape index (κ2) is 4.48. The van der Waals surface area contributed by atoms with Gasteiger partial charge < -0.3 is 0 Å². The van der Waals surface area contributed by atoms with Crippen LogP contribution in [0.15, 0.2) is 29.3 Å². The Labute approximate surface area is 73.9 Å². The molecule has 4 heteroatoms. The number of isocyanates is 1. The van der Waals surface area contributed by atoms with Crippen LogP contribution in [0.5, 0.6) is 0 Å². The van der Waals surface area contributed by atoms with Crippen molar-refractivity contribution in [1.29, 1.82) is 0 Å².